The van der Waals surface area contributed by atoms with Gasteiger partial charge in [-0.15, -0.1) is 0 Å². The third-order valence-electron chi connectivity index (χ3n) is 4.01. The topological polar surface area (TPSA) is 61.4 Å². The fourth-order valence-corrected chi connectivity index (χ4v) is 3.11. The van der Waals surface area contributed by atoms with Gasteiger partial charge in [0.1, 0.15) is 5.57 Å². The molecule has 2 amide bonds. The fraction of sp³-hybridized carbons (Fsp3) is 0.533. The molecule has 1 aliphatic heterocycles. The summed E-state index contributed by atoms with van der Waals surface area (Å²) in [6.07, 6.45) is 10.3. The van der Waals surface area contributed by atoms with E-state index in [-0.39, 0.29) is 10.7 Å². The van der Waals surface area contributed by atoms with E-state index in [1.54, 1.807) is 6.08 Å². The number of nitrogens with zero attached hydrogens (tertiary/aromatic N) is 1. The molecule has 0 aromatic rings. The molecule has 21 heavy (non-hydrogen) atoms. The van der Waals surface area contributed by atoms with Crippen LogP contribution < -0.4 is 10.6 Å². The van der Waals surface area contributed by atoms with E-state index in [1.807, 2.05) is 6.08 Å². The van der Waals surface area contributed by atoms with Gasteiger partial charge in [0.2, 0.25) is 0 Å². The normalized spacial score (nSPS) is 27.0. The van der Waals surface area contributed by atoms with Crippen molar-refractivity contribution in [1.29, 1.82) is 0 Å². The average molecular weight is 307 g/mol. The Kier molecular flexibility index (Phi) is 5.25. The minimum atomic E-state index is -0.443. The van der Waals surface area contributed by atoms with Crippen molar-refractivity contribution in [1.82, 2.24) is 15.5 Å². The number of thiocarbonyl (C=S) groups is 1. The zero-order valence-corrected chi connectivity index (χ0v) is 13.2. The van der Waals surface area contributed by atoms with E-state index in [9.17, 15) is 9.59 Å². The summed E-state index contributed by atoms with van der Waals surface area (Å²) >= 11 is 4.76. The summed E-state index contributed by atoms with van der Waals surface area (Å²) in [5.74, 6) is -0.427. The maximum absolute atomic E-state index is 11.7. The molecule has 1 saturated carbocycles. The minimum absolute atomic E-state index is 0.0612. The molecule has 2 rings (SSSR count). The first-order chi connectivity index (χ1) is 9.99. The molecular weight excluding hydrogens is 286 g/mol. The molecule has 1 heterocycles. The molecule has 2 aliphatic rings. The Morgan fingerprint density at radius 1 is 1.14 bits per heavy atom. The van der Waals surface area contributed by atoms with Crippen LogP contribution in [0.4, 0.5) is 0 Å². The minimum Gasteiger partial charge on any atom is -0.306 e. The van der Waals surface area contributed by atoms with Crippen LogP contribution >= 0.6 is 12.2 Å². The number of hydrogen-bond donors (Lipinski definition) is 2. The van der Waals surface area contributed by atoms with Crippen LogP contribution in [0.15, 0.2) is 23.8 Å². The average Bonchev–Trinajstić information content (AvgIpc) is 2.42. The van der Waals surface area contributed by atoms with Crippen LogP contribution in [0, 0.1) is 5.92 Å². The van der Waals surface area contributed by atoms with Crippen molar-refractivity contribution in [2.75, 3.05) is 14.1 Å². The molecule has 1 saturated heterocycles. The second-order valence-corrected chi connectivity index (χ2v) is 6.09. The summed E-state index contributed by atoms with van der Waals surface area (Å²) in [5.41, 5.74) is 0.0945. The molecule has 2 fully saturated rings. The van der Waals surface area contributed by atoms with Gasteiger partial charge in [-0.3, -0.25) is 20.2 Å². The zero-order valence-electron chi connectivity index (χ0n) is 12.4. The quantitative estimate of drug-likeness (QED) is 0.466. The van der Waals surface area contributed by atoms with Gasteiger partial charge >= 0.3 is 0 Å². The van der Waals surface area contributed by atoms with Gasteiger partial charge in [0.05, 0.1) is 0 Å². The molecule has 2 atom stereocenters. The second kappa shape index (κ2) is 6.95. The van der Waals surface area contributed by atoms with Crippen LogP contribution in [0.25, 0.3) is 0 Å². The van der Waals surface area contributed by atoms with Crippen molar-refractivity contribution in [2.24, 2.45) is 5.92 Å². The van der Waals surface area contributed by atoms with Crippen LogP contribution in [-0.4, -0.2) is 42.0 Å². The van der Waals surface area contributed by atoms with Crippen molar-refractivity contribution in [2.45, 2.75) is 31.7 Å². The van der Waals surface area contributed by atoms with E-state index in [1.165, 1.54) is 19.3 Å². The summed E-state index contributed by atoms with van der Waals surface area (Å²) < 4.78 is 0. The van der Waals surface area contributed by atoms with Crippen LogP contribution in [-0.2, 0) is 9.59 Å². The molecule has 0 aromatic heterocycles. The molecule has 2 unspecified atom stereocenters. The first-order valence-corrected chi connectivity index (χ1v) is 7.61. The molecule has 0 aromatic carbocycles. The van der Waals surface area contributed by atoms with Gasteiger partial charge in [-0.25, -0.2) is 0 Å². The van der Waals surface area contributed by atoms with Crippen molar-refractivity contribution in [3.8, 4) is 0 Å². The number of nitrogens with one attached hydrogen (secondary N) is 2. The summed E-state index contributed by atoms with van der Waals surface area (Å²) in [6, 6.07) is 0.523. The van der Waals surface area contributed by atoms with Crippen molar-refractivity contribution in [3.63, 3.8) is 0 Å². The number of hydrogen-bond acceptors (Lipinski definition) is 4. The van der Waals surface area contributed by atoms with Gasteiger partial charge in [0.25, 0.3) is 11.8 Å². The summed E-state index contributed by atoms with van der Waals surface area (Å²) in [4.78, 5) is 25.6. The lowest BCUT2D eigenvalue weighted by Crippen LogP contribution is -2.51. The molecular formula is C15H21N3O2S. The SMILES string of the molecule is CN(C)C1CCCCC1/C=C/C=C1C(=O)NC(=S)NC1=O. The molecule has 1 aliphatic carbocycles. The monoisotopic (exact) mass is 307 g/mol. The van der Waals surface area contributed by atoms with E-state index < -0.39 is 11.8 Å². The highest BCUT2D eigenvalue weighted by molar-refractivity contribution is 7.80. The van der Waals surface area contributed by atoms with E-state index >= 15 is 0 Å². The van der Waals surface area contributed by atoms with Crippen molar-refractivity contribution >= 4 is 29.1 Å². The van der Waals surface area contributed by atoms with Gasteiger partial charge in [-0.1, -0.05) is 25.0 Å². The number of carbonyl (C=O) groups is 2. The van der Waals surface area contributed by atoms with Gasteiger partial charge in [0.15, 0.2) is 5.11 Å². The number of allylic oxidation sites excluding steroid dienone is 2. The van der Waals surface area contributed by atoms with Crippen molar-refractivity contribution in [3.05, 3.63) is 23.8 Å². The highest BCUT2D eigenvalue weighted by atomic mass is 32.1. The van der Waals surface area contributed by atoms with E-state index in [0.717, 1.165) is 6.42 Å². The third-order valence-corrected chi connectivity index (χ3v) is 4.21. The Labute approximate surface area is 130 Å². The second-order valence-electron chi connectivity index (χ2n) is 5.68. The number of rotatable bonds is 3. The van der Waals surface area contributed by atoms with Gasteiger partial charge in [-0.2, -0.15) is 0 Å². The zero-order chi connectivity index (χ0) is 15.4. The van der Waals surface area contributed by atoms with E-state index in [4.69, 9.17) is 12.2 Å². The molecule has 114 valence electrons. The van der Waals surface area contributed by atoms with Crippen LogP contribution in [0.2, 0.25) is 0 Å². The summed E-state index contributed by atoms with van der Waals surface area (Å²) in [5, 5.41) is 4.91. The summed E-state index contributed by atoms with van der Waals surface area (Å²) in [6.45, 7) is 0. The molecule has 6 heteroatoms. The Morgan fingerprint density at radius 2 is 1.76 bits per heavy atom. The highest BCUT2D eigenvalue weighted by Crippen LogP contribution is 2.28. The van der Waals surface area contributed by atoms with Crippen LogP contribution in [0.5, 0.6) is 0 Å². The Morgan fingerprint density at radius 3 is 2.38 bits per heavy atom. The lowest BCUT2D eigenvalue weighted by Gasteiger charge is -2.34. The maximum atomic E-state index is 11.7. The Balaban J connectivity index is 2.06. The van der Waals surface area contributed by atoms with Crippen LogP contribution in [0.1, 0.15) is 25.7 Å². The number of carbonyl (C=O) groups excluding carboxylic acids is 2. The largest absolute Gasteiger partial charge is 0.306 e. The molecule has 2 N–H and O–H groups in total. The van der Waals surface area contributed by atoms with Gasteiger partial charge in [-0.05, 0) is 51.1 Å². The number of amides is 2. The van der Waals surface area contributed by atoms with E-state index in [0.29, 0.717) is 12.0 Å². The van der Waals surface area contributed by atoms with Gasteiger partial charge < -0.3 is 4.90 Å². The van der Waals surface area contributed by atoms with Crippen molar-refractivity contribution < 1.29 is 9.59 Å². The smallest absolute Gasteiger partial charge is 0.263 e. The Hall–Kier alpha value is -1.53. The standard InChI is InChI=1S/C15H21N3O2S/c1-18(2)12-9-4-3-6-10(12)7-5-8-11-13(19)16-15(21)17-14(11)20/h5,7-8,10,12H,3-4,6,9H2,1-2H3,(H2,16,17,19,20,21)/b7-5+. The fourth-order valence-electron chi connectivity index (χ4n) is 2.93. The lowest BCUT2D eigenvalue weighted by atomic mass is 9.83. The van der Waals surface area contributed by atoms with Gasteiger partial charge in [0, 0.05) is 6.04 Å². The first kappa shape index (κ1) is 15.9. The van der Waals surface area contributed by atoms with Crippen LogP contribution in [0.3, 0.4) is 0 Å². The van der Waals surface area contributed by atoms with E-state index in [2.05, 4.69) is 35.7 Å². The molecule has 0 radical (unpaired) electrons. The maximum Gasteiger partial charge on any atom is 0.263 e. The predicted octanol–water partition coefficient (Wildman–Crippen LogP) is 1.12. The molecule has 5 nitrogen and oxygen atoms in total. The molecule has 0 spiro atoms. The summed E-state index contributed by atoms with van der Waals surface area (Å²) in [7, 11) is 4.19. The third kappa shape index (κ3) is 3.98. The first-order valence-electron chi connectivity index (χ1n) is 7.20. The molecule has 0 bridgehead atoms. The lowest BCUT2D eigenvalue weighted by molar-refractivity contribution is -0.123. The Bertz CT molecular complexity index is 489. The predicted molar refractivity (Wildman–Crippen MR) is 85.5 cm³/mol. The highest BCUT2D eigenvalue weighted by Gasteiger charge is 2.26.